The molecule has 0 bridgehead atoms. The molecule has 144 valence electrons. The van der Waals surface area contributed by atoms with Gasteiger partial charge in [-0.2, -0.15) is 0 Å². The molecule has 1 atom stereocenters. The summed E-state index contributed by atoms with van der Waals surface area (Å²) in [5.41, 5.74) is 6.33. The quantitative estimate of drug-likeness (QED) is 0.459. The summed E-state index contributed by atoms with van der Waals surface area (Å²) >= 11 is 2.63. The standard InChI is InChI=1S/C21H27IN4S/c1-14-10-16(24(3)4)12-18-20(14)23-21-15(2)11-17(13-19(21)27(18)22)26-8-6-25(5)7-9-26/h10-13H,6-9H2,1-5H3. The van der Waals surface area contributed by atoms with E-state index in [1.54, 1.807) is 0 Å². The molecule has 4 rings (SSSR count). The minimum atomic E-state index is 0.00333. The van der Waals surface area contributed by atoms with E-state index in [0.717, 1.165) is 26.2 Å². The van der Waals surface area contributed by atoms with E-state index < -0.39 is 0 Å². The van der Waals surface area contributed by atoms with Crippen LogP contribution in [-0.2, 0) is 0 Å². The summed E-state index contributed by atoms with van der Waals surface area (Å²) in [6, 6.07) is 9.29. The zero-order valence-corrected chi connectivity index (χ0v) is 19.7. The maximum Gasteiger partial charge on any atom is 0.0806 e. The number of rotatable bonds is 2. The Bertz CT molecular complexity index is 1020. The number of hydrogen-bond acceptors (Lipinski definition) is 4. The highest BCUT2D eigenvalue weighted by Crippen LogP contribution is 2.47. The van der Waals surface area contributed by atoms with Crippen molar-refractivity contribution in [2.45, 2.75) is 18.7 Å². The van der Waals surface area contributed by atoms with Crippen molar-refractivity contribution in [2.75, 3.05) is 57.1 Å². The van der Waals surface area contributed by atoms with Gasteiger partial charge in [0.25, 0.3) is 0 Å². The Balaban J connectivity index is 1.88. The van der Waals surface area contributed by atoms with Crippen LogP contribution in [0, 0.1) is 18.4 Å². The molecule has 2 heterocycles. The van der Waals surface area contributed by atoms with Gasteiger partial charge in [0.2, 0.25) is 0 Å². The van der Waals surface area contributed by atoms with E-state index in [9.17, 15) is 0 Å². The van der Waals surface area contributed by atoms with Gasteiger partial charge in [-0.1, -0.05) is 7.66 Å². The molecule has 0 aliphatic carbocycles. The van der Waals surface area contributed by atoms with E-state index in [0.29, 0.717) is 0 Å². The van der Waals surface area contributed by atoms with E-state index in [-0.39, 0.29) is 7.66 Å². The molecular weight excluding hydrogens is 467 g/mol. The van der Waals surface area contributed by atoms with Gasteiger partial charge in [0, 0.05) is 61.1 Å². The lowest BCUT2D eigenvalue weighted by atomic mass is 10.1. The van der Waals surface area contributed by atoms with Gasteiger partial charge in [-0.3, -0.25) is 0 Å². The van der Waals surface area contributed by atoms with Crippen LogP contribution in [0.2, 0.25) is 0 Å². The van der Waals surface area contributed by atoms with E-state index >= 15 is 0 Å². The molecule has 2 aromatic rings. The van der Waals surface area contributed by atoms with Crippen molar-refractivity contribution in [1.29, 1.82) is 0 Å². The van der Waals surface area contributed by atoms with Crippen LogP contribution in [0.15, 0.2) is 34.2 Å². The number of piperazine rings is 1. The minimum absolute atomic E-state index is 0.00333. The Hall–Kier alpha value is -1.12. The van der Waals surface area contributed by atoms with Crippen LogP contribution in [0.25, 0.3) is 0 Å². The van der Waals surface area contributed by atoms with Gasteiger partial charge >= 0.3 is 0 Å². The molecule has 0 amide bonds. The molecule has 0 aromatic heterocycles. The first-order valence-electron chi connectivity index (χ1n) is 9.37. The van der Waals surface area contributed by atoms with Crippen LogP contribution in [0.1, 0.15) is 11.1 Å². The summed E-state index contributed by atoms with van der Waals surface area (Å²) in [5, 5.41) is 1.18. The van der Waals surface area contributed by atoms with Crippen LogP contribution < -0.4 is 15.2 Å². The van der Waals surface area contributed by atoms with Crippen molar-refractivity contribution in [3.8, 4) is 0 Å². The number of anilines is 2. The second-order valence-corrected chi connectivity index (χ2v) is 11.8. The van der Waals surface area contributed by atoms with Crippen LogP contribution >= 0.6 is 28.9 Å². The van der Waals surface area contributed by atoms with E-state index in [1.165, 1.54) is 43.0 Å². The SMILES string of the molecule is Cc1cc(N(C)C)cc2c1N=c1c(C)cc(N3CCN(C)CC3)cc1=S2I. The van der Waals surface area contributed by atoms with E-state index in [2.05, 4.69) is 95.2 Å². The lowest BCUT2D eigenvalue weighted by Gasteiger charge is -2.34. The van der Waals surface area contributed by atoms with Gasteiger partial charge in [0.1, 0.15) is 0 Å². The first-order valence-corrected chi connectivity index (χ1v) is 13.1. The number of aryl methyl sites for hydroxylation is 2. The van der Waals surface area contributed by atoms with Crippen molar-refractivity contribution in [3.63, 3.8) is 0 Å². The van der Waals surface area contributed by atoms with Gasteiger partial charge in [0.15, 0.2) is 0 Å². The third-order valence-corrected chi connectivity index (χ3v) is 9.74. The van der Waals surface area contributed by atoms with Crippen molar-refractivity contribution in [1.82, 2.24) is 4.90 Å². The number of likely N-dealkylation sites (N-methyl/N-ethyl adjacent to an activating group) is 1. The summed E-state index contributed by atoms with van der Waals surface area (Å²) in [6.07, 6.45) is 0. The molecule has 27 heavy (non-hydrogen) atoms. The molecule has 1 saturated heterocycles. The zero-order chi connectivity index (χ0) is 19.3. The molecule has 0 N–H and O–H groups in total. The molecule has 1 unspecified atom stereocenters. The Morgan fingerprint density at radius 2 is 1.70 bits per heavy atom. The van der Waals surface area contributed by atoms with Gasteiger partial charge in [-0.15, -0.1) is 0 Å². The summed E-state index contributed by atoms with van der Waals surface area (Å²) in [7, 11) is 6.42. The van der Waals surface area contributed by atoms with Crippen LogP contribution in [0.5, 0.6) is 0 Å². The molecule has 2 aliphatic rings. The molecule has 2 aromatic carbocycles. The maximum absolute atomic E-state index is 5.11. The molecule has 0 spiro atoms. The normalized spacial score (nSPS) is 19.3. The van der Waals surface area contributed by atoms with Gasteiger partial charge in [0.05, 0.1) is 11.0 Å². The van der Waals surface area contributed by atoms with Gasteiger partial charge in [-0.05, 0) is 77.5 Å². The second-order valence-electron chi connectivity index (χ2n) is 7.77. The number of halogens is 1. The molecule has 4 nitrogen and oxygen atoms in total. The topological polar surface area (TPSA) is 22.1 Å². The fourth-order valence-corrected chi connectivity index (χ4v) is 7.21. The lowest BCUT2D eigenvalue weighted by Crippen LogP contribution is -2.44. The molecule has 1 fully saturated rings. The first kappa shape index (κ1) is 19.2. The highest BCUT2D eigenvalue weighted by Gasteiger charge is 2.19. The summed E-state index contributed by atoms with van der Waals surface area (Å²) < 4.78 is 1.38. The first-order chi connectivity index (χ1) is 12.8. The zero-order valence-electron chi connectivity index (χ0n) is 16.7. The van der Waals surface area contributed by atoms with Crippen molar-refractivity contribution >= 4 is 45.9 Å². The Morgan fingerprint density at radius 3 is 2.37 bits per heavy atom. The summed E-state index contributed by atoms with van der Waals surface area (Å²) in [6.45, 7) is 8.85. The largest absolute Gasteiger partial charge is 0.378 e. The fraction of sp³-hybridized carbons (Fsp3) is 0.429. The number of hydrogen-bond donors (Lipinski definition) is 0. The third kappa shape index (κ3) is 3.51. The predicted octanol–water partition coefficient (Wildman–Crippen LogP) is 4.31. The highest BCUT2D eigenvalue weighted by molar-refractivity contribution is 14.2. The predicted molar refractivity (Wildman–Crippen MR) is 126 cm³/mol. The van der Waals surface area contributed by atoms with Gasteiger partial charge in [-0.25, -0.2) is 4.99 Å². The second kappa shape index (κ2) is 7.37. The molecular formula is C21H27IN4S. The molecule has 0 radical (unpaired) electrons. The van der Waals surface area contributed by atoms with Crippen molar-refractivity contribution in [3.05, 3.63) is 45.3 Å². The monoisotopic (exact) mass is 494 g/mol. The molecule has 2 aliphatic heterocycles. The number of benzene rings is 2. The Morgan fingerprint density at radius 1 is 1.00 bits per heavy atom. The lowest BCUT2D eigenvalue weighted by molar-refractivity contribution is 0.313. The molecule has 6 heteroatoms. The summed E-state index contributed by atoms with van der Waals surface area (Å²) in [4.78, 5) is 13.6. The number of nitrogens with zero attached hydrogens (tertiary/aromatic N) is 4. The smallest absolute Gasteiger partial charge is 0.0806 e. The van der Waals surface area contributed by atoms with E-state index in [1.807, 2.05) is 0 Å². The minimum Gasteiger partial charge on any atom is -0.378 e. The van der Waals surface area contributed by atoms with Crippen LogP contribution in [0.3, 0.4) is 0 Å². The Labute approximate surface area is 176 Å². The van der Waals surface area contributed by atoms with E-state index in [4.69, 9.17) is 4.99 Å². The number of fused-ring (bicyclic) bond motifs is 2. The third-order valence-electron chi connectivity index (χ3n) is 5.50. The van der Waals surface area contributed by atoms with Crippen LogP contribution in [-0.4, -0.2) is 52.2 Å². The Kier molecular flexibility index (Phi) is 5.24. The van der Waals surface area contributed by atoms with Crippen molar-refractivity contribution in [2.24, 2.45) is 4.99 Å². The summed E-state index contributed by atoms with van der Waals surface area (Å²) in [5.74, 6) is 0. The maximum atomic E-state index is 5.11. The average Bonchev–Trinajstić information content (AvgIpc) is 2.63. The highest BCUT2D eigenvalue weighted by atomic mass is 127. The van der Waals surface area contributed by atoms with Gasteiger partial charge < -0.3 is 14.7 Å². The molecule has 0 saturated carbocycles. The fourth-order valence-electron chi connectivity index (χ4n) is 3.75. The van der Waals surface area contributed by atoms with Crippen LogP contribution in [0.4, 0.5) is 17.1 Å². The average molecular weight is 494 g/mol. The van der Waals surface area contributed by atoms with Crippen molar-refractivity contribution < 1.29 is 0 Å².